The number of carboxylic acid groups (broad SMARTS) is 3. The monoisotopic (exact) mass is 1810 g/mol. The van der Waals surface area contributed by atoms with Crippen LogP contribution in [0.5, 0.6) is 11.5 Å². The van der Waals surface area contributed by atoms with Gasteiger partial charge in [-0.15, -0.1) is 0 Å². The van der Waals surface area contributed by atoms with Crippen molar-refractivity contribution in [3.63, 3.8) is 0 Å². The van der Waals surface area contributed by atoms with Crippen LogP contribution in [-0.4, -0.2) is 257 Å². The number of piperidine rings is 1. The Morgan fingerprint density at radius 3 is 1.42 bits per heavy atom. The highest BCUT2D eigenvalue weighted by molar-refractivity contribution is 6.01. The summed E-state index contributed by atoms with van der Waals surface area (Å²) in [5.74, 6) is -30.3. The average molecular weight is 1810 g/mol. The van der Waals surface area contributed by atoms with Gasteiger partial charge in [0.2, 0.25) is 53.2 Å². The highest BCUT2D eigenvalue weighted by Crippen LogP contribution is 2.27. The Morgan fingerprint density at radius 1 is 0.434 bits per heavy atom. The molecule has 0 unspecified atom stereocenters. The first-order chi connectivity index (χ1) is 60.9. The number of carbonyl (C=O) groups is 19. The number of nitrogens with one attached hydrogen (secondary N) is 8. The van der Waals surface area contributed by atoms with E-state index in [9.17, 15) is 137 Å². The van der Waals surface area contributed by atoms with Crippen LogP contribution in [0, 0.1) is 53.3 Å². The van der Waals surface area contributed by atoms with Gasteiger partial charge in [-0.1, -0.05) is 95.1 Å². The van der Waals surface area contributed by atoms with Crippen molar-refractivity contribution >= 4 is 112 Å². The third-order valence-electron chi connectivity index (χ3n) is 22.7. The fourth-order valence-electron chi connectivity index (χ4n) is 14.8. The van der Waals surface area contributed by atoms with Crippen molar-refractivity contribution < 1.29 is 137 Å². The SMILES string of the molecule is CC[C@H](C)[C@H](NC(=O)[C@H](CO)CC(=O)[C@H](Cc1ccc(O)cc1)NC(=O)[C@H](CC(=O)O)CC(=O)[C@H](CO)NC(=O)[C@@H](CC(=O)[C@H](Cc1ccccc1)NC(=O)[C@@H](CC(=O)CNC(=O)[C@H](CCC(=O)O)CC(=O)CNC(=O)CCN1CCCCC1=O)[C@@H](C)O)[C@@H](C)O)C(=O)C[C@@H](Cc1ccc(O)cc1)C(=O)N[C@@H](CC(C)C)C(=O)C[C@@H](CC(=O)O)C(=O)N[C@H](C)CCCCN. The predicted octanol–water partition coefficient (Wildman–Crippen LogP) is 1.50. The maximum Gasteiger partial charge on any atom is 0.304 e. The number of amides is 9. The second-order valence-electron chi connectivity index (χ2n) is 34.0. The van der Waals surface area contributed by atoms with E-state index in [0.29, 0.717) is 49.9 Å². The van der Waals surface area contributed by atoms with Crippen LogP contribution >= 0.6 is 0 Å². The number of ketones is 7. The van der Waals surface area contributed by atoms with Gasteiger partial charge in [0, 0.05) is 95.2 Å². The van der Waals surface area contributed by atoms with Crippen LogP contribution in [0.3, 0.4) is 0 Å². The summed E-state index contributed by atoms with van der Waals surface area (Å²) in [6.07, 6.45) is -8.53. The molecule has 38 nitrogen and oxygen atoms in total. The van der Waals surface area contributed by atoms with Gasteiger partial charge in [-0.25, -0.2) is 0 Å². The van der Waals surface area contributed by atoms with Crippen LogP contribution in [0.25, 0.3) is 0 Å². The van der Waals surface area contributed by atoms with Gasteiger partial charge in [0.05, 0.1) is 105 Å². The molecule has 0 aliphatic carbocycles. The molecule has 1 aliphatic rings. The lowest BCUT2D eigenvalue weighted by atomic mass is 9.85. The molecule has 0 radical (unpaired) electrons. The number of unbranched alkanes of at least 4 members (excludes halogenated alkanes) is 1. The van der Waals surface area contributed by atoms with Crippen molar-refractivity contribution in [2.45, 2.75) is 245 Å². The minimum Gasteiger partial charge on any atom is -0.508 e. The van der Waals surface area contributed by atoms with Crippen molar-refractivity contribution in [1.29, 1.82) is 0 Å². The van der Waals surface area contributed by atoms with Crippen LogP contribution in [-0.2, 0) is 110 Å². The van der Waals surface area contributed by atoms with Gasteiger partial charge in [0.15, 0.2) is 40.5 Å². The third kappa shape index (κ3) is 40.3. The summed E-state index contributed by atoms with van der Waals surface area (Å²) in [7, 11) is 0. The number of aliphatic hydroxyl groups is 4. The second kappa shape index (κ2) is 56.7. The molecule has 1 saturated heterocycles. The van der Waals surface area contributed by atoms with Crippen molar-refractivity contribution in [2.75, 3.05) is 45.9 Å². The van der Waals surface area contributed by atoms with Gasteiger partial charge in [0.1, 0.15) is 17.5 Å². The fourth-order valence-corrected chi connectivity index (χ4v) is 14.8. The van der Waals surface area contributed by atoms with E-state index < -0.39 is 292 Å². The summed E-state index contributed by atoms with van der Waals surface area (Å²) in [5, 5.41) is 113. The molecule has 1 aliphatic heterocycles. The summed E-state index contributed by atoms with van der Waals surface area (Å²) >= 11 is 0. The van der Waals surface area contributed by atoms with Crippen molar-refractivity contribution in [3.05, 3.63) is 95.6 Å². The van der Waals surface area contributed by atoms with E-state index in [4.69, 9.17) is 5.73 Å². The molecule has 3 aromatic carbocycles. The molecule has 19 N–H and O–H groups in total. The number of benzene rings is 3. The zero-order valence-corrected chi connectivity index (χ0v) is 74.3. The molecular formula is C91H130N10O28. The number of rotatable bonds is 64. The van der Waals surface area contributed by atoms with Gasteiger partial charge in [-0.2, -0.15) is 0 Å². The van der Waals surface area contributed by atoms with Crippen LogP contribution in [0.15, 0.2) is 78.9 Å². The van der Waals surface area contributed by atoms with Crippen molar-refractivity contribution in [3.8, 4) is 11.5 Å². The Kier molecular flexibility index (Phi) is 48.2. The zero-order chi connectivity index (χ0) is 96.3. The second-order valence-corrected chi connectivity index (χ2v) is 34.0. The summed E-state index contributed by atoms with van der Waals surface area (Å²) in [6, 6.07) is 10.4. The number of hydrogen-bond donors (Lipinski definition) is 18. The molecular weight excluding hydrogens is 1680 g/mol. The van der Waals surface area contributed by atoms with Gasteiger partial charge in [-0.3, -0.25) is 91.1 Å². The number of nitrogens with zero attached hydrogens (tertiary/aromatic N) is 1. The topological polar surface area (TPSA) is 632 Å². The first-order valence-corrected chi connectivity index (χ1v) is 43.8. The molecule has 38 heteroatoms. The molecule has 712 valence electrons. The van der Waals surface area contributed by atoms with Crippen LogP contribution in [0.2, 0.25) is 0 Å². The zero-order valence-electron chi connectivity index (χ0n) is 74.3. The highest BCUT2D eigenvalue weighted by Gasteiger charge is 2.41. The number of nitrogens with two attached hydrogens (primary N) is 1. The molecule has 9 amide bonds. The fraction of sp³-hybridized carbons (Fsp3) is 0.593. The van der Waals surface area contributed by atoms with Gasteiger partial charge in [0.25, 0.3) is 0 Å². The van der Waals surface area contributed by atoms with Gasteiger partial charge in [-0.05, 0) is 138 Å². The number of aliphatic carboxylic acids is 3. The molecule has 0 aromatic heterocycles. The quantitative estimate of drug-likeness (QED) is 0.0356. The number of phenols is 2. The smallest absolute Gasteiger partial charge is 0.304 e. The van der Waals surface area contributed by atoms with Crippen LogP contribution < -0.4 is 48.3 Å². The number of hydrogen-bond acceptors (Lipinski definition) is 26. The number of carbonyl (C=O) groups excluding carboxylic acids is 16. The van der Waals surface area contributed by atoms with Crippen LogP contribution in [0.4, 0.5) is 0 Å². The number of carboxylic acids is 3. The first kappa shape index (κ1) is 110. The van der Waals surface area contributed by atoms with Crippen molar-refractivity contribution in [1.82, 2.24) is 47.4 Å². The summed E-state index contributed by atoms with van der Waals surface area (Å²) in [4.78, 5) is 261. The van der Waals surface area contributed by atoms with Gasteiger partial charge >= 0.3 is 17.9 Å². The minimum atomic E-state index is -1.99. The molecule has 1 heterocycles. The van der Waals surface area contributed by atoms with E-state index in [0.717, 1.165) is 26.7 Å². The lowest BCUT2D eigenvalue weighted by molar-refractivity contribution is -0.143. The molecule has 1 fully saturated rings. The molecule has 16 atom stereocenters. The Hall–Kier alpha value is -11.6. The number of aliphatic hydroxyl groups excluding tert-OH is 4. The van der Waals surface area contributed by atoms with E-state index >= 15 is 0 Å². The predicted molar refractivity (Wildman–Crippen MR) is 465 cm³/mol. The van der Waals surface area contributed by atoms with E-state index in [-0.39, 0.29) is 80.0 Å². The normalized spacial score (nSPS) is 15.8. The lowest BCUT2D eigenvalue weighted by Gasteiger charge is -2.28. The largest absolute Gasteiger partial charge is 0.508 e. The Bertz CT molecular complexity index is 4300. The highest BCUT2D eigenvalue weighted by atomic mass is 16.4. The molecule has 129 heavy (non-hydrogen) atoms. The molecule has 0 spiro atoms. The summed E-state index contributed by atoms with van der Waals surface area (Å²) in [5.41, 5.74) is 6.77. The maximum atomic E-state index is 14.8. The van der Waals surface area contributed by atoms with E-state index in [1.54, 1.807) is 65.0 Å². The average Bonchev–Trinajstić information content (AvgIpc) is 0.839. The summed E-state index contributed by atoms with van der Waals surface area (Å²) in [6.45, 7) is 8.22. The number of phenolic OH excluding ortho intramolecular Hbond substituents is 2. The molecule has 4 rings (SSSR count). The van der Waals surface area contributed by atoms with E-state index in [1.807, 2.05) is 0 Å². The Balaban J connectivity index is 1.54. The van der Waals surface area contributed by atoms with Gasteiger partial charge < -0.3 is 99.1 Å². The maximum absolute atomic E-state index is 14.8. The molecule has 3 aromatic rings. The van der Waals surface area contributed by atoms with Crippen molar-refractivity contribution in [2.24, 2.45) is 59.0 Å². The first-order valence-electron chi connectivity index (χ1n) is 43.8. The number of likely N-dealkylation sites (tertiary alicyclic amines) is 1. The lowest BCUT2D eigenvalue weighted by Crippen LogP contribution is -2.52. The standard InChI is InChI=1S/C91H130N10O28/c1-8-52(4)84(78(114)41-60(35-57-20-25-64(106)26-21-57)87(125)96-70(34-51(2)3)74(110)39-61(43-82(119)120)86(124)95-53(5)16-12-14-31-92)100-89(127)63(49-102)42-75(111)71(37-58-22-27-65(107)28-23-58)97-88(126)62(44-83(121)122)40-76(112)73(50-103)99-91(129)69(55(7)105)46-77(113)72(36-56-17-10-9-11-18-56)98-90(128)68(54(6)104)45-67(109)48-94-85(123)59(24-29-81(117)118)38-66(108)47-93-79(115)30-33-101-32-15-13-19-80(101)116/h9-11,17-18,20-23,25-28,51-55,59-63,68-73,84,102-107H,8,12-16,19,24,29-50,92H2,1-7H3,(H,93,115)(H,94,123)(H,95,124)(H,96,125)(H,97,126)(H,98,128)(H,99,129)(H,100,127)(H,117,118)(H,119,120)(H,121,122)/t52-,53+,54+,55+,59+,60+,61-,62-,63-,68-,69-,70-,71-,72-,73-,84-/m0/s1. The van der Waals surface area contributed by atoms with E-state index in [2.05, 4.69) is 42.5 Å². The Morgan fingerprint density at radius 2 is 0.899 bits per heavy atom. The number of aromatic hydroxyl groups is 2. The minimum absolute atomic E-state index is 0.0253. The van der Waals surface area contributed by atoms with E-state index in [1.165, 1.54) is 53.4 Å². The molecule has 0 bridgehead atoms. The molecule has 0 saturated carbocycles. The third-order valence-corrected chi connectivity index (χ3v) is 22.7. The van der Waals surface area contributed by atoms with Crippen LogP contribution in [0.1, 0.15) is 194 Å². The Labute approximate surface area is 749 Å². The number of Topliss-reactive ketones (excluding diaryl/α,β-unsaturated/α-hetero) is 7. The summed E-state index contributed by atoms with van der Waals surface area (Å²) < 4.78 is 0.